The molecule has 7 heteroatoms. The molecule has 3 aliphatic rings. The molecule has 0 aromatic rings. The summed E-state index contributed by atoms with van der Waals surface area (Å²) in [6.45, 7) is 3.90. The maximum absolute atomic E-state index is 12.6. The average Bonchev–Trinajstić information content (AvgIpc) is 2.54. The lowest BCUT2D eigenvalue weighted by molar-refractivity contribution is -0.210. The van der Waals surface area contributed by atoms with Crippen molar-refractivity contribution in [3.05, 3.63) is 0 Å². The summed E-state index contributed by atoms with van der Waals surface area (Å²) in [5, 5.41) is 10.2. The molecule has 0 aromatic carbocycles. The highest BCUT2D eigenvalue weighted by Crippen LogP contribution is 2.51. The van der Waals surface area contributed by atoms with Crippen LogP contribution in [0.5, 0.6) is 0 Å². The van der Waals surface area contributed by atoms with Crippen molar-refractivity contribution < 1.29 is 23.1 Å². The molecule has 0 aromatic heterocycles. The monoisotopic (exact) mass is 345 g/mol. The third kappa shape index (κ3) is 3.15. The van der Waals surface area contributed by atoms with Crippen LogP contribution in [0.3, 0.4) is 0 Å². The minimum Gasteiger partial charge on any atom is -0.392 e. The van der Waals surface area contributed by atoms with Gasteiger partial charge in [-0.1, -0.05) is 0 Å². The molecule has 1 aliphatic carbocycles. The Bertz CT molecular complexity index is 537. The van der Waals surface area contributed by atoms with Crippen LogP contribution < -0.4 is 0 Å². The molecule has 2 saturated heterocycles. The van der Waals surface area contributed by atoms with Gasteiger partial charge in [-0.05, 0) is 32.6 Å². The molecule has 0 bridgehead atoms. The molecule has 23 heavy (non-hydrogen) atoms. The fraction of sp³-hybridized carbons (Fsp3) is 0.938. The van der Waals surface area contributed by atoms with E-state index in [9.17, 15) is 18.3 Å². The summed E-state index contributed by atoms with van der Waals surface area (Å²) in [4.78, 5) is 14.5. The largest absolute Gasteiger partial charge is 0.392 e. The quantitative estimate of drug-likeness (QED) is 0.809. The Kier molecular flexibility index (Phi) is 4.73. The zero-order chi connectivity index (χ0) is 16.7. The van der Waals surface area contributed by atoms with Gasteiger partial charge in [0, 0.05) is 37.5 Å². The second kappa shape index (κ2) is 6.33. The summed E-state index contributed by atoms with van der Waals surface area (Å²) >= 11 is 0. The van der Waals surface area contributed by atoms with Gasteiger partial charge in [-0.15, -0.1) is 0 Å². The fourth-order valence-electron chi connectivity index (χ4n) is 4.36. The molecule has 3 rings (SSSR count). The van der Waals surface area contributed by atoms with Crippen molar-refractivity contribution in [2.75, 3.05) is 31.2 Å². The van der Waals surface area contributed by atoms with E-state index in [1.54, 1.807) is 0 Å². The van der Waals surface area contributed by atoms with Crippen LogP contribution in [0.4, 0.5) is 0 Å². The molecule has 1 N–H and O–H groups in total. The van der Waals surface area contributed by atoms with Crippen LogP contribution in [-0.2, 0) is 19.4 Å². The van der Waals surface area contributed by atoms with E-state index in [4.69, 9.17) is 4.74 Å². The lowest BCUT2D eigenvalue weighted by Gasteiger charge is -2.56. The van der Waals surface area contributed by atoms with Crippen LogP contribution in [-0.4, -0.2) is 67.7 Å². The predicted molar refractivity (Wildman–Crippen MR) is 85.7 cm³/mol. The summed E-state index contributed by atoms with van der Waals surface area (Å²) in [7, 11) is -2.93. The first-order valence-electron chi connectivity index (χ1n) is 8.67. The van der Waals surface area contributed by atoms with Crippen molar-refractivity contribution in [1.29, 1.82) is 0 Å². The molecule has 2 atom stereocenters. The van der Waals surface area contributed by atoms with Gasteiger partial charge in [-0.3, -0.25) is 4.79 Å². The van der Waals surface area contributed by atoms with E-state index >= 15 is 0 Å². The Hall–Kier alpha value is -0.660. The van der Waals surface area contributed by atoms with Gasteiger partial charge < -0.3 is 14.7 Å². The summed E-state index contributed by atoms with van der Waals surface area (Å²) in [6, 6.07) is 0. The van der Waals surface area contributed by atoms with Gasteiger partial charge in [-0.2, -0.15) is 0 Å². The smallest absolute Gasteiger partial charge is 0.225 e. The first-order chi connectivity index (χ1) is 10.9. The zero-order valence-corrected chi connectivity index (χ0v) is 14.6. The van der Waals surface area contributed by atoms with Gasteiger partial charge in [0.1, 0.15) is 9.84 Å². The van der Waals surface area contributed by atoms with Crippen molar-refractivity contribution >= 4 is 15.7 Å². The normalized spacial score (nSPS) is 33.4. The molecule has 1 spiro atoms. The lowest BCUT2D eigenvalue weighted by Crippen LogP contribution is -2.63. The Morgan fingerprint density at radius 2 is 1.87 bits per heavy atom. The van der Waals surface area contributed by atoms with E-state index in [0.29, 0.717) is 39.0 Å². The number of carbonyl (C=O) groups excluding carboxylic acids is 1. The minimum atomic E-state index is -2.93. The van der Waals surface area contributed by atoms with Crippen LogP contribution in [0.15, 0.2) is 0 Å². The van der Waals surface area contributed by atoms with E-state index in [2.05, 4.69) is 0 Å². The number of nitrogens with zero attached hydrogens (tertiary/aromatic N) is 1. The maximum Gasteiger partial charge on any atom is 0.225 e. The standard InChI is InChI=1S/C16H27NO5S/c1-2-22-14-11-13(18)16(14)5-7-17(8-6-16)15(19)12-3-9-23(20,21)10-4-12/h12-14,18H,2-11H2,1H3/t13-,14+/m1/s1. The van der Waals surface area contributed by atoms with Crippen LogP contribution in [0.1, 0.15) is 39.0 Å². The van der Waals surface area contributed by atoms with Gasteiger partial charge in [0.15, 0.2) is 0 Å². The van der Waals surface area contributed by atoms with E-state index in [1.807, 2.05) is 11.8 Å². The van der Waals surface area contributed by atoms with Crippen LogP contribution in [0.2, 0.25) is 0 Å². The Balaban J connectivity index is 1.56. The van der Waals surface area contributed by atoms with Crippen molar-refractivity contribution in [3.63, 3.8) is 0 Å². The number of likely N-dealkylation sites (tertiary alicyclic amines) is 1. The summed E-state index contributed by atoms with van der Waals surface area (Å²) in [6.07, 6.45) is 2.93. The minimum absolute atomic E-state index is 0.0940. The van der Waals surface area contributed by atoms with E-state index < -0.39 is 9.84 Å². The molecule has 1 amide bonds. The van der Waals surface area contributed by atoms with Crippen molar-refractivity contribution in [2.24, 2.45) is 11.3 Å². The van der Waals surface area contributed by atoms with Crippen LogP contribution >= 0.6 is 0 Å². The van der Waals surface area contributed by atoms with Gasteiger partial charge in [0.05, 0.1) is 23.7 Å². The highest BCUT2D eigenvalue weighted by molar-refractivity contribution is 7.91. The number of piperidine rings is 1. The first-order valence-corrected chi connectivity index (χ1v) is 10.5. The number of sulfone groups is 1. The molecule has 6 nitrogen and oxygen atoms in total. The number of rotatable bonds is 3. The third-order valence-corrected chi connectivity index (χ3v) is 7.74. The maximum atomic E-state index is 12.6. The van der Waals surface area contributed by atoms with E-state index in [1.165, 1.54) is 0 Å². The predicted octanol–water partition coefficient (Wildman–Crippen LogP) is 0.590. The van der Waals surface area contributed by atoms with E-state index in [-0.39, 0.29) is 41.0 Å². The van der Waals surface area contributed by atoms with Crippen molar-refractivity contribution in [1.82, 2.24) is 4.90 Å². The second-order valence-electron chi connectivity index (χ2n) is 7.18. The van der Waals surface area contributed by atoms with Crippen molar-refractivity contribution in [3.8, 4) is 0 Å². The summed E-state index contributed by atoms with van der Waals surface area (Å²) < 4.78 is 28.7. The number of aliphatic hydroxyl groups is 1. The Morgan fingerprint density at radius 3 is 2.39 bits per heavy atom. The number of ether oxygens (including phenoxy) is 1. The highest BCUT2D eigenvalue weighted by atomic mass is 32.2. The molecule has 1 saturated carbocycles. The fourth-order valence-corrected chi connectivity index (χ4v) is 5.85. The third-order valence-electron chi connectivity index (χ3n) is 6.02. The van der Waals surface area contributed by atoms with Crippen LogP contribution in [0.25, 0.3) is 0 Å². The molecule has 2 heterocycles. The number of hydrogen-bond acceptors (Lipinski definition) is 5. The second-order valence-corrected chi connectivity index (χ2v) is 9.48. The molecule has 0 radical (unpaired) electrons. The van der Waals surface area contributed by atoms with Gasteiger partial charge >= 0.3 is 0 Å². The molecule has 132 valence electrons. The summed E-state index contributed by atoms with van der Waals surface area (Å²) in [5.74, 6) is 0.205. The van der Waals surface area contributed by atoms with E-state index in [0.717, 1.165) is 12.8 Å². The number of amides is 1. The molecular formula is C16H27NO5S. The van der Waals surface area contributed by atoms with Gasteiger partial charge in [-0.25, -0.2) is 8.42 Å². The van der Waals surface area contributed by atoms with Crippen LogP contribution in [0, 0.1) is 11.3 Å². The SMILES string of the molecule is CCO[C@H]1C[C@@H](O)C12CCN(C(=O)C1CCS(=O)(=O)CC1)CC2. The van der Waals surface area contributed by atoms with Gasteiger partial charge in [0.2, 0.25) is 5.91 Å². The first kappa shape index (κ1) is 17.2. The lowest BCUT2D eigenvalue weighted by atomic mass is 9.58. The number of aliphatic hydroxyl groups excluding tert-OH is 1. The van der Waals surface area contributed by atoms with Gasteiger partial charge in [0.25, 0.3) is 0 Å². The Labute approximate surface area is 138 Å². The van der Waals surface area contributed by atoms with Crippen molar-refractivity contribution in [2.45, 2.75) is 51.2 Å². The Morgan fingerprint density at radius 1 is 1.26 bits per heavy atom. The highest BCUT2D eigenvalue weighted by Gasteiger charge is 2.56. The zero-order valence-electron chi connectivity index (χ0n) is 13.7. The molecule has 2 aliphatic heterocycles. The average molecular weight is 345 g/mol. The number of carbonyl (C=O) groups is 1. The topological polar surface area (TPSA) is 83.9 Å². The molecule has 0 unspecified atom stereocenters. The molecule has 3 fully saturated rings. The number of hydrogen-bond donors (Lipinski definition) is 1. The molecular weight excluding hydrogens is 318 g/mol. The summed E-state index contributed by atoms with van der Waals surface area (Å²) in [5.41, 5.74) is -0.178.